The van der Waals surface area contributed by atoms with Gasteiger partial charge in [0.2, 0.25) is 5.91 Å². The first-order valence-electron chi connectivity index (χ1n) is 12.6. The van der Waals surface area contributed by atoms with E-state index in [9.17, 15) is 13.6 Å². The highest BCUT2D eigenvalue weighted by Gasteiger charge is 2.21. The second-order valence-electron chi connectivity index (χ2n) is 9.19. The second-order valence-corrected chi connectivity index (χ2v) is 9.19. The number of aromatic nitrogens is 4. The molecular formula is C28H27F2N7O2. The van der Waals surface area contributed by atoms with Gasteiger partial charge in [0, 0.05) is 29.8 Å². The summed E-state index contributed by atoms with van der Waals surface area (Å²) in [5, 5.41) is 13.2. The lowest BCUT2D eigenvalue weighted by atomic mass is 10.2. The van der Waals surface area contributed by atoms with Crippen LogP contribution in [0.5, 0.6) is 5.75 Å². The minimum atomic E-state index is -1.11. The normalized spacial score (nSPS) is 15.3. The van der Waals surface area contributed by atoms with Crippen molar-refractivity contribution in [2.45, 2.75) is 31.7 Å². The molecule has 1 amide bonds. The Balaban J connectivity index is 1.17. The van der Waals surface area contributed by atoms with Crippen LogP contribution < -0.4 is 15.4 Å². The van der Waals surface area contributed by atoms with Crippen LogP contribution in [-0.2, 0) is 11.2 Å². The molecule has 3 heterocycles. The molecule has 9 nitrogen and oxygen atoms in total. The van der Waals surface area contributed by atoms with Crippen molar-refractivity contribution in [2.75, 3.05) is 30.3 Å². The van der Waals surface area contributed by atoms with Gasteiger partial charge in [-0.15, -0.1) is 6.42 Å². The number of amides is 1. The number of ether oxygens (including phenoxy) is 1. The highest BCUT2D eigenvalue weighted by molar-refractivity contribution is 5.93. The number of carbonyl (C=O) groups is 1. The van der Waals surface area contributed by atoms with Crippen molar-refractivity contribution in [2.24, 2.45) is 0 Å². The average Bonchev–Trinajstić information content (AvgIpc) is 3.58. The number of terminal acetylenes is 1. The van der Waals surface area contributed by atoms with E-state index in [1.165, 1.54) is 18.5 Å². The fourth-order valence-electron chi connectivity index (χ4n) is 4.57. The van der Waals surface area contributed by atoms with E-state index >= 15 is 0 Å². The van der Waals surface area contributed by atoms with E-state index in [0.29, 0.717) is 35.2 Å². The van der Waals surface area contributed by atoms with Gasteiger partial charge < -0.3 is 15.4 Å². The van der Waals surface area contributed by atoms with Gasteiger partial charge in [0.1, 0.15) is 17.9 Å². The molecule has 2 aromatic heterocycles. The number of anilines is 3. The Kier molecular flexibility index (Phi) is 7.94. The van der Waals surface area contributed by atoms with Crippen LogP contribution in [0.2, 0.25) is 0 Å². The number of hydrogen-bond donors (Lipinski definition) is 3. The lowest BCUT2D eigenvalue weighted by Crippen LogP contribution is -2.29. The van der Waals surface area contributed by atoms with Crippen LogP contribution in [0.3, 0.4) is 0 Å². The van der Waals surface area contributed by atoms with Crippen LogP contribution in [0, 0.1) is 24.0 Å². The molecule has 0 saturated carbocycles. The number of benzene rings is 2. The minimum Gasteiger partial charge on any atom is -0.493 e. The van der Waals surface area contributed by atoms with Crippen molar-refractivity contribution in [1.29, 1.82) is 0 Å². The van der Waals surface area contributed by atoms with Crippen LogP contribution >= 0.6 is 0 Å². The fraction of sp³-hybridized carbons (Fsp3) is 0.286. The van der Waals surface area contributed by atoms with Crippen LogP contribution in [0.15, 0.2) is 48.8 Å². The number of nitrogens with zero attached hydrogens (tertiary/aromatic N) is 4. The standard InChI is InChI=1S/C28H27F2N7O2/c1-2-19-6-4-11-37(19)12-5-13-39-20-9-10-21-24(16-20)31-17-32-28(21)34-25-14-18(35-36-25)15-26(38)33-23-8-3-7-22(29)27(23)30/h1,3,7-10,14,16-17,19H,4-6,11-13,15H2,(H,33,38)(H2,31,32,34,35,36)/t19-/m1/s1. The van der Waals surface area contributed by atoms with E-state index in [4.69, 9.17) is 11.2 Å². The van der Waals surface area contributed by atoms with Crippen LogP contribution in [-0.4, -0.2) is 56.7 Å². The first kappa shape index (κ1) is 26.1. The van der Waals surface area contributed by atoms with Gasteiger partial charge >= 0.3 is 0 Å². The van der Waals surface area contributed by atoms with E-state index in [1.54, 1.807) is 6.07 Å². The number of likely N-dealkylation sites (tertiary alicyclic amines) is 1. The SMILES string of the molecule is C#C[C@@H]1CCCN1CCCOc1ccc2c(Nc3cc(CC(=O)Nc4cccc(F)c4F)[nH]n3)ncnc2c1. The van der Waals surface area contributed by atoms with E-state index in [2.05, 4.69) is 41.6 Å². The highest BCUT2D eigenvalue weighted by Crippen LogP contribution is 2.26. The molecule has 11 heteroatoms. The molecule has 0 bridgehead atoms. The smallest absolute Gasteiger partial charge is 0.230 e. The first-order valence-corrected chi connectivity index (χ1v) is 12.6. The Morgan fingerprint density at radius 1 is 1.23 bits per heavy atom. The third kappa shape index (κ3) is 6.30. The number of fused-ring (bicyclic) bond motifs is 1. The molecule has 1 fully saturated rings. The zero-order valence-corrected chi connectivity index (χ0v) is 21.1. The van der Waals surface area contributed by atoms with Gasteiger partial charge in [-0.1, -0.05) is 12.0 Å². The second kappa shape index (κ2) is 11.9. The van der Waals surface area contributed by atoms with Gasteiger partial charge in [0.25, 0.3) is 0 Å². The molecule has 1 atom stereocenters. The summed E-state index contributed by atoms with van der Waals surface area (Å²) in [5.74, 6) is 1.87. The molecule has 1 aliphatic heterocycles. The van der Waals surface area contributed by atoms with Crippen molar-refractivity contribution in [3.63, 3.8) is 0 Å². The van der Waals surface area contributed by atoms with Crippen LogP contribution in [0.1, 0.15) is 25.0 Å². The number of hydrogen-bond acceptors (Lipinski definition) is 7. The molecule has 0 radical (unpaired) electrons. The monoisotopic (exact) mass is 531 g/mol. The maximum absolute atomic E-state index is 13.8. The summed E-state index contributed by atoms with van der Waals surface area (Å²) in [6.07, 6.45) is 10.0. The van der Waals surface area contributed by atoms with Gasteiger partial charge in [0.05, 0.1) is 30.3 Å². The third-order valence-corrected chi connectivity index (χ3v) is 6.48. The quantitative estimate of drug-likeness (QED) is 0.205. The number of nitrogens with one attached hydrogen (secondary N) is 3. The molecular weight excluding hydrogens is 504 g/mol. The zero-order valence-electron chi connectivity index (χ0n) is 21.1. The van der Waals surface area contributed by atoms with E-state index in [1.807, 2.05) is 18.2 Å². The lowest BCUT2D eigenvalue weighted by Gasteiger charge is -2.19. The minimum absolute atomic E-state index is 0.114. The summed E-state index contributed by atoms with van der Waals surface area (Å²) >= 11 is 0. The Morgan fingerprint density at radius 2 is 2.13 bits per heavy atom. The number of aromatic amines is 1. The van der Waals surface area contributed by atoms with Gasteiger partial charge in [-0.25, -0.2) is 18.7 Å². The summed E-state index contributed by atoms with van der Waals surface area (Å²) in [7, 11) is 0. The average molecular weight is 532 g/mol. The Labute approximate surface area is 224 Å². The summed E-state index contributed by atoms with van der Waals surface area (Å²) in [6, 6.07) is 11.1. The summed E-state index contributed by atoms with van der Waals surface area (Å²) in [5.41, 5.74) is 0.949. The molecule has 39 heavy (non-hydrogen) atoms. The van der Waals surface area contributed by atoms with Crippen molar-refractivity contribution in [1.82, 2.24) is 25.1 Å². The van der Waals surface area contributed by atoms with Crippen molar-refractivity contribution in [3.05, 3.63) is 66.1 Å². The van der Waals surface area contributed by atoms with E-state index in [0.717, 1.165) is 43.8 Å². The van der Waals surface area contributed by atoms with Crippen LogP contribution in [0.25, 0.3) is 10.9 Å². The maximum Gasteiger partial charge on any atom is 0.230 e. The first-order chi connectivity index (χ1) is 19.0. The van der Waals surface area contributed by atoms with Crippen molar-refractivity contribution in [3.8, 4) is 18.1 Å². The molecule has 1 saturated heterocycles. The van der Waals surface area contributed by atoms with Crippen molar-refractivity contribution < 1.29 is 18.3 Å². The maximum atomic E-state index is 13.8. The van der Waals surface area contributed by atoms with Crippen molar-refractivity contribution >= 4 is 34.1 Å². The molecule has 3 N–H and O–H groups in total. The van der Waals surface area contributed by atoms with Gasteiger partial charge in [-0.2, -0.15) is 5.10 Å². The largest absolute Gasteiger partial charge is 0.493 e. The Morgan fingerprint density at radius 3 is 3.00 bits per heavy atom. The predicted molar refractivity (Wildman–Crippen MR) is 144 cm³/mol. The summed E-state index contributed by atoms with van der Waals surface area (Å²) < 4.78 is 33.1. The number of rotatable bonds is 10. The molecule has 5 rings (SSSR count). The zero-order chi connectivity index (χ0) is 27.2. The van der Waals surface area contributed by atoms with Gasteiger partial charge in [0.15, 0.2) is 17.5 Å². The van der Waals surface area contributed by atoms with Gasteiger partial charge in [-0.3, -0.25) is 14.8 Å². The molecule has 200 valence electrons. The molecule has 0 unspecified atom stereocenters. The summed E-state index contributed by atoms with van der Waals surface area (Å²) in [4.78, 5) is 23.3. The lowest BCUT2D eigenvalue weighted by molar-refractivity contribution is -0.115. The van der Waals surface area contributed by atoms with Gasteiger partial charge in [-0.05, 0) is 50.1 Å². The van der Waals surface area contributed by atoms with E-state index in [-0.39, 0.29) is 18.2 Å². The number of H-pyrrole nitrogens is 1. The number of carbonyl (C=O) groups excluding carboxylic acids is 1. The Hall–Kier alpha value is -4.56. The molecule has 1 aliphatic rings. The molecule has 0 spiro atoms. The molecule has 4 aromatic rings. The Bertz CT molecular complexity index is 1520. The van der Waals surface area contributed by atoms with E-state index < -0.39 is 17.5 Å². The highest BCUT2D eigenvalue weighted by atomic mass is 19.2. The number of halogens is 2. The topological polar surface area (TPSA) is 108 Å². The summed E-state index contributed by atoms with van der Waals surface area (Å²) in [6.45, 7) is 2.52. The molecule has 2 aromatic carbocycles. The fourth-order valence-corrected chi connectivity index (χ4v) is 4.57. The van der Waals surface area contributed by atoms with Crippen LogP contribution in [0.4, 0.5) is 26.1 Å². The predicted octanol–water partition coefficient (Wildman–Crippen LogP) is 4.42. The molecule has 0 aliphatic carbocycles. The third-order valence-electron chi connectivity index (χ3n) is 6.48.